The van der Waals surface area contributed by atoms with Gasteiger partial charge >= 0.3 is 5.97 Å². The Labute approximate surface area is 106 Å². The van der Waals surface area contributed by atoms with Crippen molar-refractivity contribution >= 4 is 9.76 Å². The van der Waals surface area contributed by atoms with Crippen LogP contribution >= 0.6 is 0 Å². The molecule has 6 nitrogen and oxygen atoms in total. The van der Waals surface area contributed by atoms with Crippen molar-refractivity contribution in [3.8, 4) is 0 Å². The fourth-order valence-corrected chi connectivity index (χ4v) is 2.21. The maximum atomic E-state index is 5.49. The normalized spacial score (nSPS) is 12.7. The Hall–Kier alpha value is -0.0231. The van der Waals surface area contributed by atoms with Gasteiger partial charge in [-0.05, 0) is 19.0 Å². The molecule has 0 fully saturated rings. The van der Waals surface area contributed by atoms with E-state index in [4.69, 9.17) is 29.1 Å². The van der Waals surface area contributed by atoms with E-state index in [1.54, 1.807) is 0 Å². The molecule has 0 atom stereocenters. The molecular formula is C10H25NO5Si. The summed E-state index contributed by atoms with van der Waals surface area (Å²) in [5, 5.41) is 0. The minimum atomic E-state index is -1.11. The highest BCUT2D eigenvalue weighted by molar-refractivity contribution is 6.26. The molecule has 0 rings (SSSR count). The van der Waals surface area contributed by atoms with Crippen molar-refractivity contribution in [2.24, 2.45) is 5.73 Å². The van der Waals surface area contributed by atoms with Crippen molar-refractivity contribution in [2.45, 2.75) is 18.4 Å². The van der Waals surface area contributed by atoms with Gasteiger partial charge in [0.15, 0.2) is 9.76 Å². The van der Waals surface area contributed by atoms with Crippen LogP contribution in [-0.2, 0) is 23.4 Å². The van der Waals surface area contributed by atoms with Gasteiger partial charge in [0, 0.05) is 21.3 Å². The van der Waals surface area contributed by atoms with Crippen molar-refractivity contribution in [3.05, 3.63) is 0 Å². The Morgan fingerprint density at radius 2 is 1.71 bits per heavy atom. The summed E-state index contributed by atoms with van der Waals surface area (Å²) in [6.45, 7) is 2.06. The molecule has 0 amide bonds. The summed E-state index contributed by atoms with van der Waals surface area (Å²) in [6, 6.07) is 1.12. The monoisotopic (exact) mass is 267 g/mol. The van der Waals surface area contributed by atoms with Crippen LogP contribution in [0.1, 0.15) is 6.42 Å². The second kappa shape index (κ2) is 11.1. The Bertz CT molecular complexity index is 161. The molecule has 0 saturated carbocycles. The van der Waals surface area contributed by atoms with E-state index >= 15 is 0 Å². The first kappa shape index (κ1) is 17.0. The highest BCUT2D eigenvalue weighted by Crippen LogP contribution is 2.11. The Kier molecular flexibility index (Phi) is 11.1. The second-order valence-electron chi connectivity index (χ2n) is 3.46. The second-order valence-corrected chi connectivity index (χ2v) is 4.98. The number of rotatable bonds is 12. The standard InChI is InChI=1S/C10H25NO5Si/c1-12-10(13-2,14-3)9-15-6-7-16-17-8-4-5-11/h4-9,11,17H2,1-3H3. The number of ether oxygens (including phenoxy) is 4. The Morgan fingerprint density at radius 1 is 1.06 bits per heavy atom. The van der Waals surface area contributed by atoms with E-state index in [1.165, 1.54) is 21.3 Å². The third-order valence-electron chi connectivity index (χ3n) is 2.33. The molecule has 17 heavy (non-hydrogen) atoms. The average molecular weight is 267 g/mol. The fraction of sp³-hybridized carbons (Fsp3) is 1.00. The fourth-order valence-electron chi connectivity index (χ4n) is 1.19. The predicted molar refractivity (Wildman–Crippen MR) is 67.6 cm³/mol. The van der Waals surface area contributed by atoms with Crippen LogP contribution in [0, 0.1) is 0 Å². The summed E-state index contributed by atoms with van der Waals surface area (Å²) >= 11 is 0. The molecular weight excluding hydrogens is 242 g/mol. The maximum Gasteiger partial charge on any atom is 0.307 e. The van der Waals surface area contributed by atoms with Crippen LogP contribution < -0.4 is 5.73 Å². The quantitative estimate of drug-likeness (QED) is 0.291. The third kappa shape index (κ3) is 7.82. The molecule has 0 bridgehead atoms. The lowest BCUT2D eigenvalue weighted by molar-refractivity contribution is -0.368. The molecule has 0 aromatic carbocycles. The third-order valence-corrected chi connectivity index (χ3v) is 3.69. The van der Waals surface area contributed by atoms with Crippen LogP contribution in [0.3, 0.4) is 0 Å². The average Bonchev–Trinajstić information content (AvgIpc) is 2.38. The molecule has 104 valence electrons. The van der Waals surface area contributed by atoms with Gasteiger partial charge in [0.2, 0.25) is 0 Å². The lowest BCUT2D eigenvalue weighted by atomic mass is 10.5. The van der Waals surface area contributed by atoms with Gasteiger partial charge in [0.1, 0.15) is 6.61 Å². The lowest BCUT2D eigenvalue weighted by Gasteiger charge is -2.28. The van der Waals surface area contributed by atoms with Crippen LogP contribution in [0.4, 0.5) is 0 Å². The van der Waals surface area contributed by atoms with E-state index < -0.39 is 15.7 Å². The molecule has 0 aromatic rings. The molecule has 0 radical (unpaired) electrons. The van der Waals surface area contributed by atoms with Gasteiger partial charge in [-0.1, -0.05) is 0 Å². The highest BCUT2D eigenvalue weighted by Gasteiger charge is 2.29. The van der Waals surface area contributed by atoms with Crippen LogP contribution in [0.5, 0.6) is 0 Å². The van der Waals surface area contributed by atoms with Gasteiger partial charge in [-0.15, -0.1) is 0 Å². The topological polar surface area (TPSA) is 72.2 Å². The van der Waals surface area contributed by atoms with Crippen molar-refractivity contribution in [1.29, 1.82) is 0 Å². The zero-order valence-corrected chi connectivity index (χ0v) is 12.5. The van der Waals surface area contributed by atoms with Crippen LogP contribution in [0.2, 0.25) is 6.04 Å². The van der Waals surface area contributed by atoms with Crippen molar-refractivity contribution in [1.82, 2.24) is 0 Å². The summed E-state index contributed by atoms with van der Waals surface area (Å²) in [6.07, 6.45) is 1.05. The zero-order chi connectivity index (χ0) is 13.0. The molecule has 0 heterocycles. The molecule has 0 aliphatic carbocycles. The molecule has 2 N–H and O–H groups in total. The number of methoxy groups -OCH3 is 3. The smallest absolute Gasteiger partial charge is 0.307 e. The van der Waals surface area contributed by atoms with E-state index in [0.29, 0.717) is 13.2 Å². The van der Waals surface area contributed by atoms with Crippen molar-refractivity contribution in [3.63, 3.8) is 0 Å². The van der Waals surface area contributed by atoms with Gasteiger partial charge < -0.3 is 29.1 Å². The van der Waals surface area contributed by atoms with E-state index in [-0.39, 0.29) is 6.61 Å². The Morgan fingerprint density at radius 3 is 2.24 bits per heavy atom. The van der Waals surface area contributed by atoms with Gasteiger partial charge in [0.05, 0.1) is 13.2 Å². The first-order valence-electron chi connectivity index (χ1n) is 5.75. The SMILES string of the molecule is COC(COCCO[SiH2]CCCN)(OC)OC. The molecule has 0 saturated heterocycles. The minimum absolute atomic E-state index is 0.213. The number of hydrogen-bond donors (Lipinski definition) is 1. The number of nitrogens with two attached hydrogens (primary N) is 1. The van der Waals surface area contributed by atoms with Crippen LogP contribution in [-0.4, -0.2) is 63.4 Å². The maximum absolute atomic E-state index is 5.49. The summed E-state index contributed by atoms with van der Waals surface area (Å²) in [5.41, 5.74) is 5.39. The van der Waals surface area contributed by atoms with E-state index in [9.17, 15) is 0 Å². The summed E-state index contributed by atoms with van der Waals surface area (Å²) in [5.74, 6) is -1.11. The van der Waals surface area contributed by atoms with Gasteiger partial charge in [0.25, 0.3) is 0 Å². The molecule has 0 unspecified atom stereocenters. The first-order chi connectivity index (χ1) is 8.24. The summed E-state index contributed by atoms with van der Waals surface area (Å²) in [7, 11) is 4.09. The molecule has 0 aliphatic rings. The van der Waals surface area contributed by atoms with Crippen LogP contribution in [0.15, 0.2) is 0 Å². The lowest BCUT2D eigenvalue weighted by Crippen LogP contribution is -2.41. The van der Waals surface area contributed by atoms with E-state index in [2.05, 4.69) is 0 Å². The van der Waals surface area contributed by atoms with E-state index in [0.717, 1.165) is 19.0 Å². The van der Waals surface area contributed by atoms with Gasteiger partial charge in [-0.3, -0.25) is 0 Å². The highest BCUT2D eigenvalue weighted by atomic mass is 28.2. The molecule has 0 aliphatic heterocycles. The van der Waals surface area contributed by atoms with Gasteiger partial charge in [-0.25, -0.2) is 0 Å². The number of hydrogen-bond acceptors (Lipinski definition) is 6. The summed E-state index contributed by atoms with van der Waals surface area (Å²) < 4.78 is 26.1. The molecule has 0 spiro atoms. The summed E-state index contributed by atoms with van der Waals surface area (Å²) in [4.78, 5) is 0. The minimum Gasteiger partial charge on any atom is -0.422 e. The largest absolute Gasteiger partial charge is 0.422 e. The van der Waals surface area contributed by atoms with Gasteiger partial charge in [-0.2, -0.15) is 0 Å². The van der Waals surface area contributed by atoms with E-state index in [1.807, 2.05) is 0 Å². The molecule has 0 aromatic heterocycles. The van der Waals surface area contributed by atoms with Crippen molar-refractivity contribution in [2.75, 3.05) is 47.7 Å². The first-order valence-corrected chi connectivity index (χ1v) is 7.33. The van der Waals surface area contributed by atoms with Crippen molar-refractivity contribution < 1.29 is 23.4 Å². The zero-order valence-electron chi connectivity index (χ0n) is 11.1. The molecule has 7 heteroatoms. The van der Waals surface area contributed by atoms with Crippen LogP contribution in [0.25, 0.3) is 0 Å². The predicted octanol–water partition coefficient (Wildman–Crippen LogP) is -0.536. The Balaban J connectivity index is 3.43.